The standard InChI is InChI=1S/C28H37NO4/c1-21(13-14-22-8-4-3-5-9-22)26(30)17-15-25-16-18-27(31)29(25)19-7-11-23-10-6-12-24(20-23)28(32)33-2/h3-6,8-10,12,20-21,25-26,30H,7,11,13-19H2,1-2H3/t21-,25?,26+/m0/s1. The molecule has 1 fully saturated rings. The van der Waals surface area contributed by atoms with Crippen LogP contribution in [0.5, 0.6) is 0 Å². The first-order valence-corrected chi connectivity index (χ1v) is 12.2. The highest BCUT2D eigenvalue weighted by Crippen LogP contribution is 2.26. The van der Waals surface area contributed by atoms with Gasteiger partial charge in [-0.05, 0) is 74.1 Å². The number of benzene rings is 2. The number of nitrogens with zero attached hydrogens (tertiary/aromatic N) is 1. The Balaban J connectivity index is 1.43. The van der Waals surface area contributed by atoms with Crippen LogP contribution in [-0.4, -0.2) is 47.7 Å². The van der Waals surface area contributed by atoms with E-state index >= 15 is 0 Å². The summed E-state index contributed by atoms with van der Waals surface area (Å²) in [5.41, 5.74) is 2.94. The number of rotatable bonds is 12. The summed E-state index contributed by atoms with van der Waals surface area (Å²) in [4.78, 5) is 26.2. The first-order chi connectivity index (χ1) is 16.0. The van der Waals surface area contributed by atoms with Crippen molar-refractivity contribution >= 4 is 11.9 Å². The van der Waals surface area contributed by atoms with Crippen LogP contribution in [0.25, 0.3) is 0 Å². The molecule has 2 aromatic carbocycles. The Morgan fingerprint density at radius 3 is 2.61 bits per heavy atom. The summed E-state index contributed by atoms with van der Waals surface area (Å²) in [6, 6.07) is 18.1. The molecule has 5 heteroatoms. The summed E-state index contributed by atoms with van der Waals surface area (Å²) < 4.78 is 4.79. The molecule has 1 N–H and O–H groups in total. The quantitative estimate of drug-likeness (QED) is 0.471. The zero-order valence-electron chi connectivity index (χ0n) is 19.9. The number of aryl methyl sites for hydroxylation is 2. The molecule has 0 saturated carbocycles. The van der Waals surface area contributed by atoms with Crippen LogP contribution >= 0.6 is 0 Å². The predicted octanol–water partition coefficient (Wildman–Crippen LogP) is 4.81. The first kappa shape index (κ1) is 25.0. The molecule has 1 aliphatic heterocycles. The van der Waals surface area contributed by atoms with Gasteiger partial charge in [-0.3, -0.25) is 4.79 Å². The minimum absolute atomic E-state index is 0.217. The van der Waals surface area contributed by atoms with Crippen LogP contribution in [0.1, 0.15) is 66.9 Å². The maximum absolute atomic E-state index is 12.4. The number of methoxy groups -OCH3 is 1. The molecule has 0 spiro atoms. The summed E-state index contributed by atoms with van der Waals surface area (Å²) in [7, 11) is 1.38. The summed E-state index contributed by atoms with van der Waals surface area (Å²) in [5.74, 6) is 0.121. The molecular formula is C28H37NO4. The van der Waals surface area contributed by atoms with E-state index in [4.69, 9.17) is 4.74 Å². The topological polar surface area (TPSA) is 66.8 Å². The van der Waals surface area contributed by atoms with Crippen LogP contribution in [0, 0.1) is 5.92 Å². The SMILES string of the molecule is COC(=O)c1cccc(CCCN2C(=O)CCC2CC[C@@H](O)[C@@H](C)CCc2ccccc2)c1. The van der Waals surface area contributed by atoms with E-state index < -0.39 is 0 Å². The van der Waals surface area contributed by atoms with Gasteiger partial charge in [0.15, 0.2) is 0 Å². The van der Waals surface area contributed by atoms with E-state index in [0.29, 0.717) is 18.5 Å². The molecule has 1 amide bonds. The number of likely N-dealkylation sites (tertiary alicyclic amines) is 1. The van der Waals surface area contributed by atoms with E-state index in [0.717, 1.165) is 50.5 Å². The highest BCUT2D eigenvalue weighted by Gasteiger charge is 2.31. The first-order valence-electron chi connectivity index (χ1n) is 12.2. The number of hydrogen-bond donors (Lipinski definition) is 1. The van der Waals surface area contributed by atoms with E-state index in [2.05, 4.69) is 31.2 Å². The molecule has 178 valence electrons. The maximum atomic E-state index is 12.4. The van der Waals surface area contributed by atoms with Crippen molar-refractivity contribution in [3.63, 3.8) is 0 Å². The summed E-state index contributed by atoms with van der Waals surface area (Å²) in [6.07, 6.45) is 6.31. The molecule has 3 rings (SSSR count). The van der Waals surface area contributed by atoms with E-state index in [9.17, 15) is 14.7 Å². The van der Waals surface area contributed by atoms with Crippen molar-refractivity contribution in [3.8, 4) is 0 Å². The molecule has 5 nitrogen and oxygen atoms in total. The van der Waals surface area contributed by atoms with Gasteiger partial charge in [-0.15, -0.1) is 0 Å². The number of esters is 1. The molecule has 0 radical (unpaired) electrons. The third kappa shape index (κ3) is 7.43. The second-order valence-electron chi connectivity index (χ2n) is 9.22. The Bertz CT molecular complexity index is 898. The van der Waals surface area contributed by atoms with E-state index in [1.807, 2.05) is 29.2 Å². The number of amides is 1. The zero-order valence-corrected chi connectivity index (χ0v) is 19.9. The molecule has 1 heterocycles. The molecule has 33 heavy (non-hydrogen) atoms. The molecule has 0 aliphatic carbocycles. The second-order valence-corrected chi connectivity index (χ2v) is 9.22. The lowest BCUT2D eigenvalue weighted by atomic mass is 9.92. The minimum atomic E-state index is -0.340. The monoisotopic (exact) mass is 451 g/mol. The van der Waals surface area contributed by atoms with Gasteiger partial charge in [0.25, 0.3) is 0 Å². The van der Waals surface area contributed by atoms with Gasteiger partial charge < -0.3 is 14.7 Å². The Hall–Kier alpha value is -2.66. The van der Waals surface area contributed by atoms with Crippen molar-refractivity contribution in [2.45, 2.75) is 70.4 Å². The van der Waals surface area contributed by atoms with Crippen molar-refractivity contribution in [2.75, 3.05) is 13.7 Å². The number of aliphatic hydroxyl groups is 1. The van der Waals surface area contributed by atoms with Crippen LogP contribution in [-0.2, 0) is 22.4 Å². The molecule has 0 bridgehead atoms. The largest absolute Gasteiger partial charge is 0.465 e. The van der Waals surface area contributed by atoms with Gasteiger partial charge >= 0.3 is 5.97 Å². The predicted molar refractivity (Wildman–Crippen MR) is 130 cm³/mol. The van der Waals surface area contributed by atoms with Gasteiger partial charge in [-0.25, -0.2) is 4.79 Å². The molecular weight excluding hydrogens is 414 g/mol. The second kappa shape index (κ2) is 12.5. The molecule has 1 aliphatic rings. The number of ether oxygens (including phenoxy) is 1. The number of carbonyl (C=O) groups is 2. The fraction of sp³-hybridized carbons (Fsp3) is 0.500. The fourth-order valence-corrected chi connectivity index (χ4v) is 4.70. The molecule has 0 aromatic heterocycles. The minimum Gasteiger partial charge on any atom is -0.465 e. The smallest absolute Gasteiger partial charge is 0.337 e. The number of carbonyl (C=O) groups excluding carboxylic acids is 2. The number of aliphatic hydroxyl groups excluding tert-OH is 1. The number of hydrogen-bond acceptors (Lipinski definition) is 4. The van der Waals surface area contributed by atoms with E-state index in [-0.39, 0.29) is 29.9 Å². The van der Waals surface area contributed by atoms with Crippen molar-refractivity contribution in [1.29, 1.82) is 0 Å². The average Bonchev–Trinajstić information content (AvgIpc) is 3.20. The lowest BCUT2D eigenvalue weighted by Crippen LogP contribution is -2.35. The van der Waals surface area contributed by atoms with Crippen LogP contribution < -0.4 is 0 Å². The third-order valence-electron chi connectivity index (χ3n) is 6.85. The van der Waals surface area contributed by atoms with Crippen molar-refractivity contribution in [2.24, 2.45) is 5.92 Å². The van der Waals surface area contributed by atoms with Gasteiger partial charge in [0, 0.05) is 19.0 Å². The van der Waals surface area contributed by atoms with Crippen molar-refractivity contribution in [3.05, 3.63) is 71.3 Å². The Morgan fingerprint density at radius 1 is 1.09 bits per heavy atom. The lowest BCUT2D eigenvalue weighted by molar-refractivity contribution is -0.129. The summed E-state index contributed by atoms with van der Waals surface area (Å²) >= 11 is 0. The van der Waals surface area contributed by atoms with Gasteiger partial charge in [0.05, 0.1) is 18.8 Å². The molecule has 2 aromatic rings. The van der Waals surface area contributed by atoms with Gasteiger partial charge in [0.1, 0.15) is 0 Å². The van der Waals surface area contributed by atoms with Crippen LogP contribution in [0.3, 0.4) is 0 Å². The van der Waals surface area contributed by atoms with Crippen molar-refractivity contribution < 1.29 is 19.4 Å². The maximum Gasteiger partial charge on any atom is 0.337 e. The Labute approximate surface area is 197 Å². The Kier molecular flexibility index (Phi) is 9.49. The van der Waals surface area contributed by atoms with Gasteiger partial charge in [-0.1, -0.05) is 49.4 Å². The lowest BCUT2D eigenvalue weighted by Gasteiger charge is -2.27. The van der Waals surface area contributed by atoms with Gasteiger partial charge in [-0.2, -0.15) is 0 Å². The molecule has 1 unspecified atom stereocenters. The van der Waals surface area contributed by atoms with Crippen LogP contribution in [0.4, 0.5) is 0 Å². The summed E-state index contributed by atoms with van der Waals surface area (Å²) in [6.45, 7) is 2.83. The Morgan fingerprint density at radius 2 is 1.85 bits per heavy atom. The third-order valence-corrected chi connectivity index (χ3v) is 6.85. The normalized spacial score (nSPS) is 17.7. The van der Waals surface area contributed by atoms with E-state index in [1.54, 1.807) is 6.07 Å². The fourth-order valence-electron chi connectivity index (χ4n) is 4.70. The zero-order chi connectivity index (χ0) is 23.6. The van der Waals surface area contributed by atoms with Gasteiger partial charge in [0.2, 0.25) is 5.91 Å². The van der Waals surface area contributed by atoms with Crippen LogP contribution in [0.2, 0.25) is 0 Å². The highest BCUT2D eigenvalue weighted by atomic mass is 16.5. The highest BCUT2D eigenvalue weighted by molar-refractivity contribution is 5.89. The average molecular weight is 452 g/mol. The molecule has 3 atom stereocenters. The van der Waals surface area contributed by atoms with Crippen LogP contribution in [0.15, 0.2) is 54.6 Å². The van der Waals surface area contributed by atoms with Crippen molar-refractivity contribution in [1.82, 2.24) is 4.90 Å². The van der Waals surface area contributed by atoms with E-state index in [1.165, 1.54) is 12.7 Å². The molecule has 1 saturated heterocycles. The summed E-state index contributed by atoms with van der Waals surface area (Å²) in [5, 5.41) is 10.7.